The van der Waals surface area contributed by atoms with Gasteiger partial charge in [0, 0.05) is 14.2 Å². The Morgan fingerprint density at radius 3 is 1.80 bits per heavy atom. The second-order valence-corrected chi connectivity index (χ2v) is 11.1. The van der Waals surface area contributed by atoms with Gasteiger partial charge in [0.1, 0.15) is 0 Å². The summed E-state index contributed by atoms with van der Waals surface area (Å²) in [4.78, 5) is 17.0. The van der Waals surface area contributed by atoms with E-state index in [9.17, 15) is 4.57 Å². The van der Waals surface area contributed by atoms with Crippen molar-refractivity contribution in [1.82, 2.24) is 0 Å². The van der Waals surface area contributed by atoms with Crippen LogP contribution in [-0.2, 0) is 4.57 Å². The van der Waals surface area contributed by atoms with Gasteiger partial charge in [-0.2, -0.15) is 0 Å². The highest BCUT2D eigenvalue weighted by Gasteiger charge is 2.20. The van der Waals surface area contributed by atoms with Crippen LogP contribution in [0.4, 0.5) is 0 Å². The van der Waals surface area contributed by atoms with E-state index in [1.54, 1.807) is 0 Å². The number of hydrogen-bond acceptors (Lipinski definition) is 1. The molecule has 0 spiro atoms. The maximum Gasteiger partial charge on any atom is 0.325 e. The highest BCUT2D eigenvalue weighted by atomic mass is 31.2. The topological polar surface area (TPSA) is 57.5 Å². The second-order valence-electron chi connectivity index (χ2n) is 3.70. The fourth-order valence-electron chi connectivity index (χ4n) is 0.481. The van der Waals surface area contributed by atoms with Crippen LogP contribution in [-0.4, -0.2) is 24.0 Å². The van der Waals surface area contributed by atoms with E-state index in [0.717, 1.165) is 0 Å². The van der Waals surface area contributed by atoms with Gasteiger partial charge in [-0.3, -0.25) is 4.57 Å². The SMILES string of the molecule is C[Si](C)(C)CCP(=O)(O)O. The summed E-state index contributed by atoms with van der Waals surface area (Å²) in [7, 11) is -4.99. The summed E-state index contributed by atoms with van der Waals surface area (Å²) in [6.45, 7) is 6.30. The first kappa shape index (κ1) is 10.4. The quantitative estimate of drug-likeness (QED) is 0.513. The zero-order chi connectivity index (χ0) is 8.41. The van der Waals surface area contributed by atoms with Crippen molar-refractivity contribution < 1.29 is 14.4 Å². The molecule has 0 unspecified atom stereocenters. The van der Waals surface area contributed by atoms with Crippen molar-refractivity contribution in [3.8, 4) is 0 Å². The van der Waals surface area contributed by atoms with E-state index in [-0.39, 0.29) is 6.16 Å². The normalized spacial score (nSPS) is 13.7. The van der Waals surface area contributed by atoms with Crippen LogP contribution in [0.15, 0.2) is 0 Å². The molecule has 0 fully saturated rings. The third-order valence-electron chi connectivity index (χ3n) is 1.15. The average Bonchev–Trinajstić information content (AvgIpc) is 1.57. The molecule has 3 nitrogen and oxygen atoms in total. The molecule has 5 heteroatoms. The van der Waals surface area contributed by atoms with Gasteiger partial charge in [-0.1, -0.05) is 19.6 Å². The van der Waals surface area contributed by atoms with Crippen LogP contribution >= 0.6 is 7.60 Å². The lowest BCUT2D eigenvalue weighted by atomic mass is 11.0. The van der Waals surface area contributed by atoms with Crippen molar-refractivity contribution >= 4 is 15.7 Å². The van der Waals surface area contributed by atoms with E-state index >= 15 is 0 Å². The van der Waals surface area contributed by atoms with Gasteiger partial charge in [0.2, 0.25) is 0 Å². The first-order valence-corrected chi connectivity index (χ1v) is 8.76. The zero-order valence-electron chi connectivity index (χ0n) is 6.66. The highest BCUT2D eigenvalue weighted by molar-refractivity contribution is 7.51. The molecular formula is C5H15O3PSi. The van der Waals surface area contributed by atoms with Crippen LogP contribution < -0.4 is 0 Å². The molecule has 0 aromatic rings. The van der Waals surface area contributed by atoms with Gasteiger partial charge >= 0.3 is 7.60 Å². The molecule has 0 aromatic carbocycles. The molecule has 2 N–H and O–H groups in total. The predicted octanol–water partition coefficient (Wildman–Crippen LogP) is 1.50. The first-order chi connectivity index (χ1) is 4.21. The molecule has 0 aliphatic carbocycles. The molecule has 0 saturated carbocycles. The molecule has 0 aromatic heterocycles. The standard InChI is InChI=1S/C5H15O3PSi/c1-10(2,3)5-4-9(6,7)8/h4-5H2,1-3H3,(H2,6,7,8). The van der Waals surface area contributed by atoms with Crippen molar-refractivity contribution in [3.63, 3.8) is 0 Å². The maximum atomic E-state index is 10.4. The van der Waals surface area contributed by atoms with Crippen LogP contribution in [0.3, 0.4) is 0 Å². The lowest BCUT2D eigenvalue weighted by Gasteiger charge is -2.15. The van der Waals surface area contributed by atoms with Crippen molar-refractivity contribution in [1.29, 1.82) is 0 Å². The van der Waals surface area contributed by atoms with Gasteiger partial charge in [-0.15, -0.1) is 0 Å². The first-order valence-electron chi connectivity index (χ1n) is 3.25. The van der Waals surface area contributed by atoms with Crippen molar-refractivity contribution in [2.45, 2.75) is 25.7 Å². The zero-order valence-corrected chi connectivity index (χ0v) is 8.56. The van der Waals surface area contributed by atoms with Crippen molar-refractivity contribution in [3.05, 3.63) is 0 Å². The Labute approximate surface area is 62.6 Å². The lowest BCUT2D eigenvalue weighted by molar-refractivity contribution is 0.374. The van der Waals surface area contributed by atoms with E-state index in [1.165, 1.54) is 0 Å². The highest BCUT2D eigenvalue weighted by Crippen LogP contribution is 2.36. The van der Waals surface area contributed by atoms with Gasteiger partial charge in [0.05, 0.1) is 0 Å². The van der Waals surface area contributed by atoms with E-state index < -0.39 is 15.7 Å². The lowest BCUT2D eigenvalue weighted by Crippen LogP contribution is -2.20. The molecule has 0 radical (unpaired) electrons. The minimum Gasteiger partial charge on any atom is -0.324 e. The average molecular weight is 182 g/mol. The maximum absolute atomic E-state index is 10.4. The van der Waals surface area contributed by atoms with Gasteiger partial charge in [-0.05, 0) is 6.04 Å². The van der Waals surface area contributed by atoms with Crippen molar-refractivity contribution in [2.75, 3.05) is 6.16 Å². The molecule has 0 atom stereocenters. The molecule has 62 valence electrons. The van der Waals surface area contributed by atoms with Gasteiger partial charge in [0.25, 0.3) is 0 Å². The predicted molar refractivity (Wildman–Crippen MR) is 45.1 cm³/mol. The molecular weight excluding hydrogens is 167 g/mol. The Morgan fingerprint density at radius 2 is 1.70 bits per heavy atom. The third kappa shape index (κ3) is 8.37. The van der Waals surface area contributed by atoms with Crippen LogP contribution in [0, 0.1) is 0 Å². The molecule has 0 amide bonds. The fraction of sp³-hybridized carbons (Fsp3) is 1.00. The van der Waals surface area contributed by atoms with Crippen LogP contribution in [0.5, 0.6) is 0 Å². The third-order valence-corrected chi connectivity index (χ3v) is 4.13. The van der Waals surface area contributed by atoms with E-state index in [0.29, 0.717) is 6.04 Å². The summed E-state index contributed by atoms with van der Waals surface area (Å²) >= 11 is 0. The summed E-state index contributed by atoms with van der Waals surface area (Å²) in [5.41, 5.74) is 0. The Balaban J connectivity index is 3.67. The molecule has 0 aliphatic heterocycles. The smallest absolute Gasteiger partial charge is 0.324 e. The Hall–Kier alpha value is 0.367. The second kappa shape index (κ2) is 3.18. The van der Waals surface area contributed by atoms with Crippen LogP contribution in [0.1, 0.15) is 0 Å². The van der Waals surface area contributed by atoms with E-state index in [1.807, 2.05) is 0 Å². The largest absolute Gasteiger partial charge is 0.325 e. The summed E-state index contributed by atoms with van der Waals surface area (Å²) in [6.07, 6.45) is 0.0583. The molecule has 0 rings (SSSR count). The van der Waals surface area contributed by atoms with Crippen molar-refractivity contribution in [2.24, 2.45) is 0 Å². The number of rotatable bonds is 3. The summed E-state index contributed by atoms with van der Waals surface area (Å²) in [5.74, 6) is 0. The minimum absolute atomic E-state index is 0.0583. The summed E-state index contributed by atoms with van der Waals surface area (Å²) in [5, 5.41) is 0. The minimum atomic E-state index is -3.73. The Morgan fingerprint density at radius 1 is 1.30 bits per heavy atom. The van der Waals surface area contributed by atoms with Crippen LogP contribution in [0.25, 0.3) is 0 Å². The van der Waals surface area contributed by atoms with Gasteiger partial charge in [0.15, 0.2) is 0 Å². The van der Waals surface area contributed by atoms with E-state index in [4.69, 9.17) is 9.79 Å². The monoisotopic (exact) mass is 182 g/mol. The molecule has 0 aliphatic rings. The van der Waals surface area contributed by atoms with E-state index in [2.05, 4.69) is 19.6 Å². The Bertz CT molecular complexity index is 145. The fourth-order valence-corrected chi connectivity index (χ4v) is 4.33. The molecule has 10 heavy (non-hydrogen) atoms. The van der Waals surface area contributed by atoms with Gasteiger partial charge in [-0.25, -0.2) is 0 Å². The number of hydrogen-bond donors (Lipinski definition) is 2. The summed E-state index contributed by atoms with van der Waals surface area (Å²) in [6, 6.07) is 0.706. The Kier molecular flexibility index (Phi) is 3.29. The summed E-state index contributed by atoms with van der Waals surface area (Å²) < 4.78 is 10.4. The van der Waals surface area contributed by atoms with Crippen LogP contribution in [0.2, 0.25) is 25.7 Å². The molecule has 0 bridgehead atoms. The molecule has 0 saturated heterocycles. The van der Waals surface area contributed by atoms with Gasteiger partial charge < -0.3 is 9.79 Å². The molecule has 0 heterocycles.